The van der Waals surface area contributed by atoms with Crippen molar-refractivity contribution in [2.24, 2.45) is 12.8 Å². The molecule has 0 aliphatic heterocycles. The molecule has 0 amide bonds. The van der Waals surface area contributed by atoms with Gasteiger partial charge in [-0.25, -0.2) is 0 Å². The summed E-state index contributed by atoms with van der Waals surface area (Å²) in [6, 6.07) is 6.08. The van der Waals surface area contributed by atoms with Gasteiger partial charge in [0.25, 0.3) is 0 Å². The summed E-state index contributed by atoms with van der Waals surface area (Å²) in [5.41, 5.74) is 7.88. The van der Waals surface area contributed by atoms with Crippen LogP contribution in [0.15, 0.2) is 24.4 Å². The van der Waals surface area contributed by atoms with Crippen molar-refractivity contribution in [1.82, 2.24) is 9.78 Å². The molecule has 3 heteroatoms. The van der Waals surface area contributed by atoms with E-state index in [2.05, 4.69) is 5.10 Å². The summed E-state index contributed by atoms with van der Waals surface area (Å²) < 4.78 is 1.86. The molecular weight excluding hydrogens is 150 g/mol. The average molecular weight is 161 g/mol. The fraction of sp³-hybridized carbons (Fsp3) is 0.222. The van der Waals surface area contributed by atoms with Crippen LogP contribution in [0.2, 0.25) is 0 Å². The molecule has 0 aliphatic rings. The molecule has 0 bridgehead atoms. The van der Waals surface area contributed by atoms with Crippen molar-refractivity contribution in [2.75, 3.05) is 0 Å². The Labute approximate surface area is 70.8 Å². The lowest BCUT2D eigenvalue weighted by Crippen LogP contribution is -1.96. The number of nitrogens with two attached hydrogens (primary N) is 1. The first-order chi connectivity index (χ1) is 5.83. The van der Waals surface area contributed by atoms with Gasteiger partial charge in [-0.3, -0.25) is 4.68 Å². The van der Waals surface area contributed by atoms with Gasteiger partial charge in [0.15, 0.2) is 0 Å². The quantitative estimate of drug-likeness (QED) is 0.679. The van der Waals surface area contributed by atoms with Gasteiger partial charge < -0.3 is 5.73 Å². The van der Waals surface area contributed by atoms with Crippen LogP contribution in [0, 0.1) is 0 Å². The molecule has 0 atom stereocenters. The second-order valence-electron chi connectivity index (χ2n) is 2.82. The van der Waals surface area contributed by atoms with Gasteiger partial charge in [0.05, 0.1) is 11.7 Å². The van der Waals surface area contributed by atoms with Crippen molar-refractivity contribution < 1.29 is 0 Å². The van der Waals surface area contributed by atoms with Crippen molar-refractivity contribution in [3.05, 3.63) is 30.0 Å². The number of hydrogen-bond acceptors (Lipinski definition) is 2. The maximum absolute atomic E-state index is 5.59. The molecule has 0 unspecified atom stereocenters. The monoisotopic (exact) mass is 161 g/mol. The van der Waals surface area contributed by atoms with E-state index in [1.54, 1.807) is 0 Å². The van der Waals surface area contributed by atoms with E-state index < -0.39 is 0 Å². The number of benzene rings is 1. The smallest absolute Gasteiger partial charge is 0.0682 e. The van der Waals surface area contributed by atoms with Crippen molar-refractivity contribution in [3.63, 3.8) is 0 Å². The molecule has 2 rings (SSSR count). The standard InChI is InChI=1S/C9H11N3/c1-12-9-4-2-3-7(5-10)8(9)6-11-12/h2-4,6H,5,10H2,1H3. The molecule has 0 fully saturated rings. The number of nitrogens with zero attached hydrogens (tertiary/aromatic N) is 2. The fourth-order valence-electron chi connectivity index (χ4n) is 1.42. The Kier molecular flexibility index (Phi) is 1.59. The highest BCUT2D eigenvalue weighted by atomic mass is 15.2. The summed E-state index contributed by atoms with van der Waals surface area (Å²) in [4.78, 5) is 0. The van der Waals surface area contributed by atoms with E-state index in [1.165, 1.54) is 0 Å². The Morgan fingerprint density at radius 3 is 3.08 bits per heavy atom. The van der Waals surface area contributed by atoms with Gasteiger partial charge in [0.1, 0.15) is 0 Å². The predicted octanol–water partition coefficient (Wildman–Crippen LogP) is 1.03. The topological polar surface area (TPSA) is 43.8 Å². The maximum atomic E-state index is 5.59. The summed E-state index contributed by atoms with van der Waals surface area (Å²) in [6.45, 7) is 0.572. The third-order valence-electron chi connectivity index (χ3n) is 2.10. The fourth-order valence-corrected chi connectivity index (χ4v) is 1.42. The maximum Gasteiger partial charge on any atom is 0.0682 e. The minimum Gasteiger partial charge on any atom is -0.326 e. The van der Waals surface area contributed by atoms with E-state index in [4.69, 9.17) is 5.73 Å². The van der Waals surface area contributed by atoms with Gasteiger partial charge >= 0.3 is 0 Å². The van der Waals surface area contributed by atoms with Gasteiger partial charge in [0, 0.05) is 19.0 Å². The summed E-state index contributed by atoms with van der Waals surface area (Å²) in [5.74, 6) is 0. The zero-order chi connectivity index (χ0) is 8.55. The molecule has 12 heavy (non-hydrogen) atoms. The van der Waals surface area contributed by atoms with Crippen LogP contribution in [0.4, 0.5) is 0 Å². The number of rotatable bonds is 1. The Balaban J connectivity index is 2.81. The SMILES string of the molecule is Cn1ncc2c(CN)cccc21. The van der Waals surface area contributed by atoms with Gasteiger partial charge in [-0.2, -0.15) is 5.10 Å². The van der Waals surface area contributed by atoms with Crippen LogP contribution < -0.4 is 5.73 Å². The number of hydrogen-bond donors (Lipinski definition) is 1. The highest BCUT2D eigenvalue weighted by Crippen LogP contribution is 2.16. The average Bonchev–Trinajstić information content (AvgIpc) is 2.48. The van der Waals surface area contributed by atoms with Crippen molar-refractivity contribution in [3.8, 4) is 0 Å². The summed E-state index contributed by atoms with van der Waals surface area (Å²) >= 11 is 0. The van der Waals surface area contributed by atoms with E-state index in [0.29, 0.717) is 6.54 Å². The summed E-state index contributed by atoms with van der Waals surface area (Å²) in [6.07, 6.45) is 1.86. The number of aryl methyl sites for hydroxylation is 1. The van der Waals surface area contributed by atoms with Gasteiger partial charge in [-0.1, -0.05) is 12.1 Å². The first-order valence-electron chi connectivity index (χ1n) is 3.92. The van der Waals surface area contributed by atoms with E-state index in [1.807, 2.05) is 36.1 Å². The van der Waals surface area contributed by atoms with E-state index >= 15 is 0 Å². The van der Waals surface area contributed by atoms with E-state index in [-0.39, 0.29) is 0 Å². The molecule has 2 aromatic rings. The van der Waals surface area contributed by atoms with Gasteiger partial charge in [0.2, 0.25) is 0 Å². The number of fused-ring (bicyclic) bond motifs is 1. The molecule has 1 aromatic carbocycles. The summed E-state index contributed by atoms with van der Waals surface area (Å²) in [7, 11) is 1.93. The van der Waals surface area contributed by atoms with E-state index in [0.717, 1.165) is 16.5 Å². The number of aromatic nitrogens is 2. The molecule has 0 saturated heterocycles. The van der Waals surface area contributed by atoms with Crippen LogP contribution in [0.1, 0.15) is 5.56 Å². The molecule has 62 valence electrons. The molecule has 3 nitrogen and oxygen atoms in total. The molecule has 0 radical (unpaired) electrons. The first-order valence-corrected chi connectivity index (χ1v) is 3.92. The Morgan fingerprint density at radius 2 is 2.33 bits per heavy atom. The molecule has 1 aromatic heterocycles. The van der Waals surface area contributed by atoms with Crippen LogP contribution in [0.25, 0.3) is 10.9 Å². The van der Waals surface area contributed by atoms with Crippen molar-refractivity contribution in [2.45, 2.75) is 6.54 Å². The lowest BCUT2D eigenvalue weighted by molar-refractivity contribution is 0.797. The molecule has 0 spiro atoms. The van der Waals surface area contributed by atoms with Gasteiger partial charge in [-0.05, 0) is 11.6 Å². The molecular formula is C9H11N3. The molecule has 0 saturated carbocycles. The second-order valence-corrected chi connectivity index (χ2v) is 2.82. The lowest BCUT2D eigenvalue weighted by atomic mass is 10.1. The van der Waals surface area contributed by atoms with Crippen LogP contribution >= 0.6 is 0 Å². The summed E-state index contributed by atoms with van der Waals surface area (Å²) in [5, 5.41) is 5.32. The molecule has 2 N–H and O–H groups in total. The highest BCUT2D eigenvalue weighted by Gasteiger charge is 2.01. The van der Waals surface area contributed by atoms with E-state index in [9.17, 15) is 0 Å². The minimum atomic E-state index is 0.572. The Morgan fingerprint density at radius 1 is 1.50 bits per heavy atom. The Hall–Kier alpha value is -1.35. The van der Waals surface area contributed by atoms with Crippen LogP contribution in [0.5, 0.6) is 0 Å². The van der Waals surface area contributed by atoms with Crippen LogP contribution in [0.3, 0.4) is 0 Å². The highest BCUT2D eigenvalue weighted by molar-refractivity contribution is 5.82. The minimum absolute atomic E-state index is 0.572. The lowest BCUT2D eigenvalue weighted by Gasteiger charge is -1.98. The van der Waals surface area contributed by atoms with Gasteiger partial charge in [-0.15, -0.1) is 0 Å². The molecule has 0 aliphatic carbocycles. The second kappa shape index (κ2) is 2.60. The van der Waals surface area contributed by atoms with Crippen LogP contribution in [-0.4, -0.2) is 9.78 Å². The van der Waals surface area contributed by atoms with Crippen LogP contribution in [-0.2, 0) is 13.6 Å². The zero-order valence-electron chi connectivity index (χ0n) is 6.99. The van der Waals surface area contributed by atoms with Crippen molar-refractivity contribution >= 4 is 10.9 Å². The zero-order valence-corrected chi connectivity index (χ0v) is 6.99. The van der Waals surface area contributed by atoms with Crippen molar-refractivity contribution in [1.29, 1.82) is 0 Å². The third-order valence-corrected chi connectivity index (χ3v) is 2.10. The third kappa shape index (κ3) is 0.905. The largest absolute Gasteiger partial charge is 0.326 e. The normalized spacial score (nSPS) is 10.8. The predicted molar refractivity (Wildman–Crippen MR) is 48.6 cm³/mol. The Bertz CT molecular complexity index is 403. The first kappa shape index (κ1) is 7.31. The molecule has 1 heterocycles.